The highest BCUT2D eigenvalue weighted by Gasteiger charge is 2.35. The van der Waals surface area contributed by atoms with Gasteiger partial charge in [0.1, 0.15) is 6.54 Å². The van der Waals surface area contributed by atoms with Crippen molar-refractivity contribution in [2.24, 2.45) is 5.92 Å². The topological polar surface area (TPSA) is 32.3 Å². The van der Waals surface area contributed by atoms with Crippen molar-refractivity contribution in [3.8, 4) is 0 Å². The Labute approximate surface area is 115 Å². The molecule has 1 heterocycles. The van der Waals surface area contributed by atoms with E-state index < -0.39 is 24.5 Å². The minimum atomic E-state index is -4.36. The molecule has 0 spiro atoms. The number of benzene rings is 1. The third-order valence-electron chi connectivity index (χ3n) is 3.44. The molecule has 1 aliphatic heterocycles. The summed E-state index contributed by atoms with van der Waals surface area (Å²) in [6.45, 7) is 0.828. The zero-order valence-electron chi connectivity index (χ0n) is 11.2. The van der Waals surface area contributed by atoms with Crippen LogP contribution >= 0.6 is 0 Å². The summed E-state index contributed by atoms with van der Waals surface area (Å²) in [6.07, 6.45) is -3.87. The lowest BCUT2D eigenvalue weighted by Gasteiger charge is -2.30. The molecule has 1 aliphatic rings. The Balaban J connectivity index is 2.07. The number of alkyl halides is 3. The second-order valence-electron chi connectivity index (χ2n) is 4.91. The molecule has 0 saturated carbocycles. The number of para-hydroxylation sites is 1. The Bertz CT molecular complexity index is 488. The number of hydrogen-bond acceptors (Lipinski definition) is 2. The first-order valence-corrected chi connectivity index (χ1v) is 6.58. The van der Waals surface area contributed by atoms with E-state index in [2.05, 4.69) is 5.32 Å². The molecule has 6 heteroatoms. The van der Waals surface area contributed by atoms with E-state index in [-0.39, 0.29) is 6.54 Å². The maximum absolute atomic E-state index is 12.4. The van der Waals surface area contributed by atoms with E-state index in [0.717, 1.165) is 16.2 Å². The van der Waals surface area contributed by atoms with Crippen LogP contribution in [0.1, 0.15) is 12.5 Å². The molecule has 1 aromatic carbocycles. The van der Waals surface area contributed by atoms with Crippen LogP contribution < -0.4 is 5.32 Å². The van der Waals surface area contributed by atoms with E-state index in [1.54, 1.807) is 6.92 Å². The van der Waals surface area contributed by atoms with Crippen LogP contribution in [-0.2, 0) is 11.2 Å². The maximum Gasteiger partial charge on any atom is 0.406 e. The number of anilines is 1. The van der Waals surface area contributed by atoms with Gasteiger partial charge < -0.3 is 10.2 Å². The number of amides is 1. The van der Waals surface area contributed by atoms with Gasteiger partial charge in [0, 0.05) is 18.8 Å². The Morgan fingerprint density at radius 2 is 2.10 bits per heavy atom. The standard InChI is InChI=1S/C14H17F3N2O/c1-2-19(9-14(15,16)17)13(20)11-7-10-5-3-4-6-12(10)18-8-11/h3-6,11,18H,2,7-9H2,1H3. The summed E-state index contributed by atoms with van der Waals surface area (Å²) in [7, 11) is 0. The highest BCUT2D eigenvalue weighted by Crippen LogP contribution is 2.26. The third kappa shape index (κ3) is 3.43. The molecule has 0 saturated heterocycles. The second kappa shape index (κ2) is 5.73. The highest BCUT2D eigenvalue weighted by molar-refractivity contribution is 5.81. The third-order valence-corrected chi connectivity index (χ3v) is 3.44. The first-order valence-electron chi connectivity index (χ1n) is 6.58. The lowest BCUT2D eigenvalue weighted by molar-refractivity contribution is -0.163. The van der Waals surface area contributed by atoms with Crippen molar-refractivity contribution in [2.75, 3.05) is 25.0 Å². The fourth-order valence-corrected chi connectivity index (χ4v) is 2.44. The number of halogens is 3. The SMILES string of the molecule is CCN(CC(F)(F)F)C(=O)C1CNc2ccccc2C1. The van der Waals surface area contributed by atoms with Crippen molar-refractivity contribution in [3.63, 3.8) is 0 Å². The average molecular weight is 286 g/mol. The molecule has 1 aromatic rings. The molecule has 0 radical (unpaired) electrons. The molecular weight excluding hydrogens is 269 g/mol. The lowest BCUT2D eigenvalue weighted by Crippen LogP contribution is -2.45. The van der Waals surface area contributed by atoms with Gasteiger partial charge in [-0.05, 0) is 25.0 Å². The lowest BCUT2D eigenvalue weighted by atomic mass is 9.93. The molecule has 3 nitrogen and oxygen atoms in total. The maximum atomic E-state index is 12.4. The first kappa shape index (κ1) is 14.7. The number of fused-ring (bicyclic) bond motifs is 1. The largest absolute Gasteiger partial charge is 0.406 e. The van der Waals surface area contributed by atoms with Gasteiger partial charge in [-0.2, -0.15) is 13.2 Å². The number of nitrogens with zero attached hydrogens (tertiary/aromatic N) is 1. The van der Waals surface area contributed by atoms with Gasteiger partial charge in [0.15, 0.2) is 0 Å². The van der Waals surface area contributed by atoms with Crippen LogP contribution in [0.4, 0.5) is 18.9 Å². The van der Waals surface area contributed by atoms with Gasteiger partial charge in [0.25, 0.3) is 0 Å². The second-order valence-corrected chi connectivity index (χ2v) is 4.91. The zero-order valence-corrected chi connectivity index (χ0v) is 11.2. The van der Waals surface area contributed by atoms with Gasteiger partial charge in [-0.25, -0.2) is 0 Å². The monoisotopic (exact) mass is 286 g/mol. The number of carbonyl (C=O) groups is 1. The summed E-state index contributed by atoms with van der Waals surface area (Å²) in [5, 5.41) is 3.11. The molecule has 0 aromatic heterocycles. The highest BCUT2D eigenvalue weighted by atomic mass is 19.4. The normalized spacial score (nSPS) is 18.1. The quantitative estimate of drug-likeness (QED) is 0.926. The Kier molecular flexibility index (Phi) is 4.20. The minimum absolute atomic E-state index is 0.0660. The number of hydrogen-bond donors (Lipinski definition) is 1. The van der Waals surface area contributed by atoms with Crippen LogP contribution in [0.5, 0.6) is 0 Å². The molecule has 1 unspecified atom stereocenters. The molecule has 2 rings (SSSR count). The Morgan fingerprint density at radius 3 is 2.75 bits per heavy atom. The van der Waals surface area contributed by atoms with Gasteiger partial charge in [-0.3, -0.25) is 4.79 Å². The molecular formula is C14H17F3N2O. The van der Waals surface area contributed by atoms with Gasteiger partial charge >= 0.3 is 6.18 Å². The van der Waals surface area contributed by atoms with Crippen LogP contribution in [0.25, 0.3) is 0 Å². The average Bonchev–Trinajstić information content (AvgIpc) is 2.42. The van der Waals surface area contributed by atoms with Crippen molar-refractivity contribution < 1.29 is 18.0 Å². The summed E-state index contributed by atoms with van der Waals surface area (Å²) in [6, 6.07) is 7.54. The smallest absolute Gasteiger partial charge is 0.384 e. The van der Waals surface area contributed by atoms with E-state index in [9.17, 15) is 18.0 Å². The molecule has 20 heavy (non-hydrogen) atoms. The number of rotatable bonds is 3. The molecule has 1 amide bonds. The predicted molar refractivity (Wildman–Crippen MR) is 70.4 cm³/mol. The Hall–Kier alpha value is -1.72. The zero-order chi connectivity index (χ0) is 14.8. The van der Waals surface area contributed by atoms with Gasteiger partial charge in [-0.1, -0.05) is 18.2 Å². The summed E-state index contributed by atoms with van der Waals surface area (Å²) in [5.74, 6) is -0.876. The molecule has 0 bridgehead atoms. The Morgan fingerprint density at radius 1 is 1.40 bits per heavy atom. The summed E-state index contributed by atoms with van der Waals surface area (Å²) >= 11 is 0. The summed E-state index contributed by atoms with van der Waals surface area (Å²) in [4.78, 5) is 13.1. The van der Waals surface area contributed by atoms with Crippen molar-refractivity contribution in [1.29, 1.82) is 0 Å². The van der Waals surface area contributed by atoms with Crippen LogP contribution in [0.3, 0.4) is 0 Å². The van der Waals surface area contributed by atoms with Crippen LogP contribution in [0.15, 0.2) is 24.3 Å². The van der Waals surface area contributed by atoms with Gasteiger partial charge in [-0.15, -0.1) is 0 Å². The van der Waals surface area contributed by atoms with Gasteiger partial charge in [0.05, 0.1) is 5.92 Å². The van der Waals surface area contributed by atoms with Crippen LogP contribution in [0, 0.1) is 5.92 Å². The van der Waals surface area contributed by atoms with Crippen molar-refractivity contribution in [1.82, 2.24) is 4.90 Å². The molecule has 0 fully saturated rings. The first-order chi connectivity index (χ1) is 9.40. The van der Waals surface area contributed by atoms with Crippen LogP contribution in [-0.4, -0.2) is 36.6 Å². The fraction of sp³-hybridized carbons (Fsp3) is 0.500. The van der Waals surface area contributed by atoms with Crippen molar-refractivity contribution in [2.45, 2.75) is 19.5 Å². The van der Waals surface area contributed by atoms with Crippen LogP contribution in [0.2, 0.25) is 0 Å². The predicted octanol–water partition coefficient (Wildman–Crippen LogP) is 2.68. The van der Waals surface area contributed by atoms with E-state index in [1.165, 1.54) is 0 Å². The van der Waals surface area contributed by atoms with Gasteiger partial charge in [0.2, 0.25) is 5.91 Å². The number of carbonyl (C=O) groups excluding carboxylic acids is 1. The number of nitrogens with one attached hydrogen (secondary N) is 1. The summed E-state index contributed by atoms with van der Waals surface area (Å²) < 4.78 is 37.3. The molecule has 110 valence electrons. The van der Waals surface area contributed by atoms with E-state index >= 15 is 0 Å². The van der Waals surface area contributed by atoms with Crippen molar-refractivity contribution in [3.05, 3.63) is 29.8 Å². The fourth-order valence-electron chi connectivity index (χ4n) is 2.44. The molecule has 1 N–H and O–H groups in total. The van der Waals surface area contributed by atoms with Crippen molar-refractivity contribution >= 4 is 11.6 Å². The molecule has 0 aliphatic carbocycles. The van der Waals surface area contributed by atoms with E-state index in [1.807, 2.05) is 24.3 Å². The minimum Gasteiger partial charge on any atom is -0.384 e. The van der Waals surface area contributed by atoms with E-state index in [4.69, 9.17) is 0 Å². The summed E-state index contributed by atoms with van der Waals surface area (Å²) in [5.41, 5.74) is 1.93. The molecule has 1 atom stereocenters. The van der Waals surface area contributed by atoms with E-state index in [0.29, 0.717) is 13.0 Å².